The van der Waals surface area contributed by atoms with Crippen LogP contribution in [0.25, 0.3) is 6.08 Å². The molecule has 0 bridgehead atoms. The van der Waals surface area contributed by atoms with Crippen LogP contribution < -0.4 is 21.1 Å². The summed E-state index contributed by atoms with van der Waals surface area (Å²) in [6, 6.07) is 13.9. The maximum Gasteiger partial charge on any atom is 0.160 e. The molecular formula is C51H67N3O6. The lowest BCUT2D eigenvalue weighted by molar-refractivity contribution is -0.124. The Morgan fingerprint density at radius 3 is 2.60 bits per heavy atom. The molecule has 322 valence electrons. The van der Waals surface area contributed by atoms with Crippen LogP contribution in [0.1, 0.15) is 132 Å². The van der Waals surface area contributed by atoms with E-state index in [-0.39, 0.29) is 35.3 Å². The lowest BCUT2D eigenvalue weighted by atomic mass is 9.62. The molecule has 3 aliphatic carbocycles. The first kappa shape index (κ1) is 43.7. The highest BCUT2D eigenvalue weighted by Crippen LogP contribution is 2.47. The number of piperidine rings is 1. The number of carbonyl (C=O) groups is 2. The lowest BCUT2D eigenvalue weighted by Crippen LogP contribution is -2.63. The molecule has 60 heavy (non-hydrogen) atoms. The van der Waals surface area contributed by atoms with Gasteiger partial charge in [0.25, 0.3) is 0 Å². The topological polar surface area (TPSA) is 154 Å². The van der Waals surface area contributed by atoms with Gasteiger partial charge >= 0.3 is 0 Å². The Labute approximate surface area is 357 Å². The number of nitrogens with two attached hydrogens (primary N) is 1. The van der Waals surface area contributed by atoms with Crippen molar-refractivity contribution in [3.05, 3.63) is 88.8 Å². The molecule has 1 spiro atoms. The molecule has 7 N–H and O–H groups in total. The van der Waals surface area contributed by atoms with E-state index in [1.165, 1.54) is 45.6 Å². The number of unbranched alkanes of at least 4 members (excludes halogenated alkanes) is 1. The molecular weight excluding hydrogens is 751 g/mol. The van der Waals surface area contributed by atoms with E-state index in [1.807, 2.05) is 24.3 Å². The van der Waals surface area contributed by atoms with Crippen molar-refractivity contribution in [2.75, 3.05) is 13.7 Å². The number of hydrogen-bond donors (Lipinski definition) is 6. The van der Waals surface area contributed by atoms with Crippen molar-refractivity contribution in [2.45, 2.75) is 145 Å². The summed E-state index contributed by atoms with van der Waals surface area (Å²) >= 11 is 0. The molecule has 8 atom stereocenters. The van der Waals surface area contributed by atoms with Gasteiger partial charge in [0.05, 0.1) is 25.1 Å². The number of aliphatic hydroxyl groups is 2. The van der Waals surface area contributed by atoms with Gasteiger partial charge in [-0.15, -0.1) is 0 Å². The molecule has 2 heterocycles. The standard InChI is InChI=1S/C51H67N3O6/c1-60-49-30-38-19-23-47(58)43(46(57)13-7-6-12-40-28-39-17-21-42(56)32-45(39)54-51(40)25-8-3-9-26-51)22-18-35(44(38)33-48(49)59)16-20-41(55)29-36(37-24-27-53-50(52)31-37)15-14-34-10-4-2-5-11-34/h2,4-5,10-11,14-15,24,30-31,33,35-36,39-41,43,45-46,53-55,57,59H,3,6-9,12-13,16-17,19-21,23,25-29,32,52H2,1H3/b15-14+/t35-,36+,39+,40-,41+,43-,45-,46-/m1/s1. The lowest BCUT2D eigenvalue weighted by Gasteiger charge is -2.54. The van der Waals surface area contributed by atoms with Gasteiger partial charge in [0.2, 0.25) is 0 Å². The molecule has 5 aliphatic rings. The zero-order chi connectivity index (χ0) is 42.1. The fraction of sp³-hybridized carbons (Fsp3) is 0.569. The molecule has 2 aromatic rings. The molecule has 0 radical (unpaired) electrons. The molecule has 1 saturated heterocycles. The van der Waals surface area contributed by atoms with Crippen LogP contribution in [0.5, 0.6) is 11.5 Å². The summed E-state index contributed by atoms with van der Waals surface area (Å²) in [7, 11) is 1.51. The summed E-state index contributed by atoms with van der Waals surface area (Å²) in [6.45, 7) is 0.625. The predicted octanol–water partition coefficient (Wildman–Crippen LogP) is 7.78. The normalized spacial score (nSPS) is 26.8. The molecule has 2 saturated carbocycles. The fourth-order valence-corrected chi connectivity index (χ4v) is 11.0. The van der Waals surface area contributed by atoms with Gasteiger partial charge in [-0.2, -0.15) is 0 Å². The van der Waals surface area contributed by atoms with Crippen molar-refractivity contribution in [1.82, 2.24) is 10.6 Å². The number of dihydropyridines is 1. The summed E-state index contributed by atoms with van der Waals surface area (Å²) in [5.74, 6) is 7.83. The van der Waals surface area contributed by atoms with Crippen molar-refractivity contribution in [2.24, 2.45) is 29.4 Å². The average molecular weight is 818 g/mol. The summed E-state index contributed by atoms with van der Waals surface area (Å²) in [6.07, 6.45) is 21.9. The Morgan fingerprint density at radius 1 is 1.00 bits per heavy atom. The van der Waals surface area contributed by atoms with Crippen LogP contribution in [0, 0.1) is 35.5 Å². The molecule has 0 amide bonds. The van der Waals surface area contributed by atoms with Gasteiger partial charge in [-0.1, -0.05) is 92.5 Å². The maximum absolute atomic E-state index is 13.8. The smallest absolute Gasteiger partial charge is 0.160 e. The number of ketones is 2. The third-order valence-corrected chi connectivity index (χ3v) is 14.3. The summed E-state index contributed by atoms with van der Waals surface area (Å²) in [5, 5.41) is 41.3. The third-order valence-electron chi connectivity index (χ3n) is 14.3. The molecule has 9 heteroatoms. The SMILES string of the molecule is COc1cc2c(cc1O)[C@H](CC[C@H](O)C[C@H](/C=C/c1ccccc1)C1=CCNC(N)=C1)C#C[C@H]([C@H](O)CCCC[C@@H]1C[C@@H]3CCC(=O)C[C@H]3NC13CCCCC3)C(=O)CC2. The van der Waals surface area contributed by atoms with Gasteiger partial charge in [-0.3, -0.25) is 9.59 Å². The third kappa shape index (κ3) is 10.9. The summed E-state index contributed by atoms with van der Waals surface area (Å²) in [4.78, 5) is 26.2. The Hall–Kier alpha value is -4.36. The molecule has 7 rings (SSSR count). The number of fused-ring (bicyclic) bond motifs is 2. The van der Waals surface area contributed by atoms with Crippen LogP contribution in [0.2, 0.25) is 0 Å². The molecule has 0 aromatic heterocycles. The average Bonchev–Trinajstić information content (AvgIpc) is 3.31. The number of allylic oxidation sites excluding steroid dienone is 3. The van der Waals surface area contributed by atoms with Gasteiger partial charge in [-0.05, 0) is 117 Å². The highest BCUT2D eigenvalue weighted by Gasteiger charge is 2.48. The number of nitrogens with one attached hydrogen (secondary N) is 2. The number of rotatable bonds is 15. The highest BCUT2D eigenvalue weighted by atomic mass is 16.5. The predicted molar refractivity (Wildman–Crippen MR) is 237 cm³/mol. The zero-order valence-corrected chi connectivity index (χ0v) is 35.5. The van der Waals surface area contributed by atoms with Crippen LogP contribution in [-0.4, -0.2) is 64.3 Å². The number of carbonyl (C=O) groups excluding carboxylic acids is 2. The second-order valence-corrected chi connectivity index (χ2v) is 18.3. The van der Waals surface area contributed by atoms with Crippen molar-refractivity contribution in [3.63, 3.8) is 0 Å². The maximum atomic E-state index is 13.8. The molecule has 9 nitrogen and oxygen atoms in total. The monoisotopic (exact) mass is 818 g/mol. The van der Waals surface area contributed by atoms with Crippen LogP contribution in [0.4, 0.5) is 0 Å². The van der Waals surface area contributed by atoms with E-state index in [0.717, 1.165) is 47.9 Å². The molecule has 2 aliphatic heterocycles. The van der Waals surface area contributed by atoms with E-state index in [9.17, 15) is 24.9 Å². The fourth-order valence-electron chi connectivity index (χ4n) is 11.0. The second-order valence-electron chi connectivity index (χ2n) is 18.3. The number of aromatic hydroxyl groups is 1. The van der Waals surface area contributed by atoms with E-state index in [2.05, 4.69) is 52.8 Å². The van der Waals surface area contributed by atoms with Crippen LogP contribution in [0.15, 0.2) is 72.1 Å². The van der Waals surface area contributed by atoms with Crippen molar-refractivity contribution >= 4 is 17.6 Å². The first-order valence-electron chi connectivity index (χ1n) is 22.8. The number of ether oxygens (including phenoxy) is 1. The van der Waals surface area contributed by atoms with Gasteiger partial charge in [0, 0.05) is 49.2 Å². The van der Waals surface area contributed by atoms with E-state index >= 15 is 0 Å². The van der Waals surface area contributed by atoms with Gasteiger partial charge in [-0.25, -0.2) is 0 Å². The van der Waals surface area contributed by atoms with Crippen molar-refractivity contribution < 1.29 is 29.6 Å². The Balaban J connectivity index is 1.03. The number of aliphatic hydroxyl groups excluding tert-OH is 2. The quantitative estimate of drug-likeness (QED) is 0.0782. The molecule has 0 unspecified atom stereocenters. The summed E-state index contributed by atoms with van der Waals surface area (Å²) < 4.78 is 5.47. The zero-order valence-electron chi connectivity index (χ0n) is 35.5. The van der Waals surface area contributed by atoms with Gasteiger partial charge in [0.15, 0.2) is 17.3 Å². The van der Waals surface area contributed by atoms with Crippen LogP contribution >= 0.6 is 0 Å². The van der Waals surface area contributed by atoms with Gasteiger partial charge in [0.1, 0.15) is 11.7 Å². The highest BCUT2D eigenvalue weighted by molar-refractivity contribution is 5.85. The Morgan fingerprint density at radius 2 is 1.82 bits per heavy atom. The molecule has 2 aromatic carbocycles. The number of Topliss-reactive ketones (excluding diaryl/α,β-unsaturated/α-hetero) is 2. The number of hydrogen-bond acceptors (Lipinski definition) is 9. The number of phenolic OH excluding ortho intramolecular Hbond substituents is 1. The van der Waals surface area contributed by atoms with E-state index in [0.29, 0.717) is 86.7 Å². The first-order chi connectivity index (χ1) is 29.1. The van der Waals surface area contributed by atoms with Crippen molar-refractivity contribution in [3.8, 4) is 23.3 Å². The van der Waals surface area contributed by atoms with Crippen molar-refractivity contribution in [1.29, 1.82) is 0 Å². The van der Waals surface area contributed by atoms with E-state index in [1.54, 1.807) is 12.1 Å². The van der Waals surface area contributed by atoms with E-state index in [4.69, 9.17) is 10.5 Å². The minimum Gasteiger partial charge on any atom is -0.504 e. The summed E-state index contributed by atoms with van der Waals surface area (Å²) in [5.41, 5.74) is 10.1. The minimum absolute atomic E-state index is 0.00904. The Bertz CT molecular complexity index is 1960. The number of aryl methyl sites for hydroxylation is 1. The first-order valence-corrected chi connectivity index (χ1v) is 22.8. The number of methoxy groups -OCH3 is 1. The van der Waals surface area contributed by atoms with Crippen LogP contribution in [-0.2, 0) is 16.0 Å². The number of phenols is 1. The van der Waals surface area contributed by atoms with Crippen LogP contribution in [0.3, 0.4) is 0 Å². The Kier molecular flexibility index (Phi) is 14.9. The van der Waals surface area contributed by atoms with Gasteiger partial charge < -0.3 is 36.4 Å². The number of benzene rings is 2. The van der Waals surface area contributed by atoms with E-state index < -0.39 is 18.1 Å². The second kappa shape index (κ2) is 20.5. The minimum atomic E-state index is -0.877. The molecule has 3 fully saturated rings. The largest absolute Gasteiger partial charge is 0.504 e.